The van der Waals surface area contributed by atoms with Crippen LogP contribution in [-0.2, 0) is 11.3 Å². The Bertz CT molecular complexity index is 1250. The molecule has 0 aliphatic carbocycles. The number of Topliss-reactive ketones (excluding diaryl/α,β-unsaturated/α-hetero) is 1. The second-order valence-corrected chi connectivity index (χ2v) is 8.46. The maximum absolute atomic E-state index is 13.0. The standard InChI is InChI=1S/C22H26N8O3S/c1-13-4-2-5-14(10-13)19-28-11-15(23)21(33)30(19)12-17(31)29-16(6-3-7-27-22(24)25)18(32)20-26-8-9-34-20/h2,4-5,8-11,16H,3,6-7,12,23H2,1H3,(H,29,31)(H4,24,25,27). The summed E-state index contributed by atoms with van der Waals surface area (Å²) >= 11 is 1.18. The van der Waals surface area contributed by atoms with Crippen LogP contribution < -0.4 is 28.1 Å². The molecule has 178 valence electrons. The molecule has 1 amide bonds. The van der Waals surface area contributed by atoms with Crippen LogP contribution in [0.2, 0.25) is 0 Å². The lowest BCUT2D eigenvalue weighted by Gasteiger charge is -2.18. The second kappa shape index (κ2) is 11.2. The van der Waals surface area contributed by atoms with Crippen LogP contribution in [0.3, 0.4) is 0 Å². The molecule has 11 nitrogen and oxygen atoms in total. The van der Waals surface area contributed by atoms with E-state index in [1.807, 2.05) is 25.1 Å². The van der Waals surface area contributed by atoms with Crippen molar-refractivity contribution in [3.05, 3.63) is 63.0 Å². The van der Waals surface area contributed by atoms with Crippen molar-refractivity contribution < 1.29 is 9.59 Å². The number of aromatic nitrogens is 3. The summed E-state index contributed by atoms with van der Waals surface area (Å²) in [6, 6.07) is 6.52. The third kappa shape index (κ3) is 6.25. The van der Waals surface area contributed by atoms with Crippen molar-refractivity contribution in [3.8, 4) is 11.4 Å². The summed E-state index contributed by atoms with van der Waals surface area (Å²) in [7, 11) is 0. The highest BCUT2D eigenvalue weighted by Gasteiger charge is 2.24. The molecule has 0 saturated heterocycles. The van der Waals surface area contributed by atoms with Gasteiger partial charge in [0.15, 0.2) is 11.0 Å². The molecule has 3 rings (SSSR count). The summed E-state index contributed by atoms with van der Waals surface area (Å²) in [5, 5.41) is 4.67. The van der Waals surface area contributed by atoms with Gasteiger partial charge in [0.1, 0.15) is 18.1 Å². The van der Waals surface area contributed by atoms with Gasteiger partial charge < -0.3 is 22.5 Å². The Labute approximate surface area is 199 Å². The number of anilines is 1. The van der Waals surface area contributed by atoms with Crippen molar-refractivity contribution in [2.45, 2.75) is 32.4 Å². The van der Waals surface area contributed by atoms with Gasteiger partial charge in [-0.1, -0.05) is 23.8 Å². The Morgan fingerprint density at radius 3 is 2.74 bits per heavy atom. The predicted octanol–water partition coefficient (Wildman–Crippen LogP) is 0.679. The number of nitrogens with two attached hydrogens (primary N) is 3. The quantitative estimate of drug-likeness (QED) is 0.141. The number of hydrogen-bond donors (Lipinski definition) is 4. The van der Waals surface area contributed by atoms with Gasteiger partial charge in [-0.2, -0.15) is 0 Å². The lowest BCUT2D eigenvalue weighted by molar-refractivity contribution is -0.122. The number of guanidine groups is 1. The van der Waals surface area contributed by atoms with Crippen LogP contribution in [0.15, 0.2) is 51.8 Å². The molecular formula is C22H26N8O3S. The largest absolute Gasteiger partial charge is 0.393 e. The molecule has 1 unspecified atom stereocenters. The average molecular weight is 483 g/mol. The van der Waals surface area contributed by atoms with E-state index in [0.717, 1.165) is 5.56 Å². The van der Waals surface area contributed by atoms with Crippen LogP contribution in [0.25, 0.3) is 11.4 Å². The molecule has 2 heterocycles. The number of nitrogens with one attached hydrogen (secondary N) is 1. The molecule has 0 bridgehead atoms. The number of hydrogen-bond acceptors (Lipinski definition) is 8. The van der Waals surface area contributed by atoms with Gasteiger partial charge in [0.25, 0.3) is 5.56 Å². The van der Waals surface area contributed by atoms with Gasteiger partial charge >= 0.3 is 0 Å². The summed E-state index contributed by atoms with van der Waals surface area (Å²) in [4.78, 5) is 50.9. The van der Waals surface area contributed by atoms with Crippen molar-refractivity contribution in [1.82, 2.24) is 19.9 Å². The summed E-state index contributed by atoms with van der Waals surface area (Å²) in [5.41, 5.74) is 17.5. The number of carbonyl (C=O) groups is 2. The van der Waals surface area contributed by atoms with Crippen LogP contribution in [0, 0.1) is 6.92 Å². The average Bonchev–Trinajstić information content (AvgIpc) is 3.33. The summed E-state index contributed by atoms with van der Waals surface area (Å²) in [5.74, 6) is -0.622. The zero-order chi connectivity index (χ0) is 24.7. The monoisotopic (exact) mass is 482 g/mol. The van der Waals surface area contributed by atoms with Crippen LogP contribution in [0.1, 0.15) is 28.2 Å². The fraction of sp³-hybridized carbons (Fsp3) is 0.273. The summed E-state index contributed by atoms with van der Waals surface area (Å²) in [6.45, 7) is 1.85. The first kappa shape index (κ1) is 24.6. The van der Waals surface area contributed by atoms with Crippen molar-refractivity contribution in [2.75, 3.05) is 12.3 Å². The first-order valence-corrected chi connectivity index (χ1v) is 11.3. The van der Waals surface area contributed by atoms with Crippen LogP contribution >= 0.6 is 11.3 Å². The molecule has 12 heteroatoms. The summed E-state index contributed by atoms with van der Waals surface area (Å²) < 4.78 is 1.20. The second-order valence-electron chi connectivity index (χ2n) is 7.57. The number of rotatable bonds is 10. The fourth-order valence-corrected chi connectivity index (χ4v) is 3.95. The summed E-state index contributed by atoms with van der Waals surface area (Å²) in [6.07, 6.45) is 3.53. The van der Waals surface area contributed by atoms with Crippen molar-refractivity contribution in [1.29, 1.82) is 0 Å². The highest BCUT2D eigenvalue weighted by molar-refractivity contribution is 7.11. The molecule has 34 heavy (non-hydrogen) atoms. The molecule has 1 atom stereocenters. The molecular weight excluding hydrogens is 456 g/mol. The molecule has 7 N–H and O–H groups in total. The minimum Gasteiger partial charge on any atom is -0.393 e. The van der Waals surface area contributed by atoms with Gasteiger partial charge in [0, 0.05) is 23.7 Å². The zero-order valence-electron chi connectivity index (χ0n) is 18.6. The van der Waals surface area contributed by atoms with E-state index in [0.29, 0.717) is 24.4 Å². The number of aryl methyl sites for hydroxylation is 1. The Morgan fingerprint density at radius 1 is 1.26 bits per heavy atom. The van der Waals surface area contributed by atoms with E-state index in [1.54, 1.807) is 11.4 Å². The van der Waals surface area contributed by atoms with Crippen molar-refractivity contribution >= 4 is 34.7 Å². The molecule has 0 aliphatic rings. The molecule has 2 aromatic heterocycles. The van der Waals surface area contributed by atoms with Crippen LogP contribution in [0.4, 0.5) is 5.69 Å². The Hall–Kier alpha value is -4.06. The number of thiazole rings is 1. The molecule has 1 aromatic carbocycles. The lowest BCUT2D eigenvalue weighted by Crippen LogP contribution is -2.44. The van der Waals surface area contributed by atoms with Crippen LogP contribution in [0.5, 0.6) is 0 Å². The molecule has 0 aliphatic heterocycles. The lowest BCUT2D eigenvalue weighted by atomic mass is 10.1. The van der Waals surface area contributed by atoms with Gasteiger partial charge in [-0.05, 0) is 25.8 Å². The predicted molar refractivity (Wildman–Crippen MR) is 131 cm³/mol. The van der Waals surface area contributed by atoms with E-state index in [9.17, 15) is 14.4 Å². The minimum absolute atomic E-state index is 0.0518. The number of nitrogen functional groups attached to an aromatic ring is 1. The first-order chi connectivity index (χ1) is 16.3. The van der Waals surface area contributed by atoms with Gasteiger partial charge in [-0.25, -0.2) is 9.97 Å². The number of aliphatic imine (C=N–C) groups is 1. The number of amides is 1. The highest BCUT2D eigenvalue weighted by atomic mass is 32.1. The topological polar surface area (TPSA) is 184 Å². The molecule has 0 spiro atoms. The fourth-order valence-electron chi connectivity index (χ4n) is 3.32. The Morgan fingerprint density at radius 2 is 2.06 bits per heavy atom. The number of benzene rings is 1. The Kier molecular flexibility index (Phi) is 8.09. The van der Waals surface area contributed by atoms with E-state index in [2.05, 4.69) is 20.3 Å². The van der Waals surface area contributed by atoms with Gasteiger partial charge in [-0.3, -0.25) is 23.9 Å². The first-order valence-electron chi connectivity index (χ1n) is 10.5. The number of carbonyl (C=O) groups excluding carboxylic acids is 2. The van der Waals surface area contributed by atoms with E-state index in [-0.39, 0.29) is 35.4 Å². The maximum atomic E-state index is 13.0. The Balaban J connectivity index is 1.83. The third-order valence-corrected chi connectivity index (χ3v) is 5.68. The van der Waals surface area contributed by atoms with Gasteiger partial charge in [0.2, 0.25) is 11.7 Å². The van der Waals surface area contributed by atoms with E-state index in [4.69, 9.17) is 17.2 Å². The smallest absolute Gasteiger partial charge is 0.277 e. The third-order valence-electron chi connectivity index (χ3n) is 4.89. The van der Waals surface area contributed by atoms with Crippen LogP contribution in [-0.4, -0.2) is 44.8 Å². The highest BCUT2D eigenvalue weighted by Crippen LogP contribution is 2.18. The zero-order valence-corrected chi connectivity index (χ0v) is 19.4. The van der Waals surface area contributed by atoms with Crippen molar-refractivity contribution in [2.24, 2.45) is 16.5 Å². The van der Waals surface area contributed by atoms with Gasteiger partial charge in [-0.15, -0.1) is 11.3 Å². The number of nitrogens with zero attached hydrogens (tertiary/aromatic N) is 4. The normalized spacial score (nSPS) is 11.6. The molecule has 0 fully saturated rings. The van der Waals surface area contributed by atoms with E-state index in [1.165, 1.54) is 28.3 Å². The van der Waals surface area contributed by atoms with Crippen molar-refractivity contribution in [3.63, 3.8) is 0 Å². The SMILES string of the molecule is Cc1cccc(-c2ncc(N)c(=O)n2CC(=O)NC(CCCN=C(N)N)C(=O)c2nccs2)c1. The molecule has 3 aromatic rings. The molecule has 0 radical (unpaired) electrons. The van der Waals surface area contributed by atoms with E-state index >= 15 is 0 Å². The van der Waals surface area contributed by atoms with E-state index < -0.39 is 17.5 Å². The number of ketones is 1. The maximum Gasteiger partial charge on any atom is 0.277 e. The molecule has 0 saturated carbocycles. The van der Waals surface area contributed by atoms with Gasteiger partial charge in [0.05, 0.1) is 12.2 Å². The minimum atomic E-state index is -0.861.